The standard InChI is InChI=1S/C18H21BrO/c1-14-7-3-4-8-15(14)11-12-17(19)13-16-9-5-6-10-18(16)20-2/h3-10,17H,11-13H2,1-2H3. The van der Waals surface area contributed by atoms with Gasteiger partial charge in [0.05, 0.1) is 7.11 Å². The lowest BCUT2D eigenvalue weighted by Crippen LogP contribution is -2.06. The summed E-state index contributed by atoms with van der Waals surface area (Å²) in [5.41, 5.74) is 4.09. The highest BCUT2D eigenvalue weighted by Crippen LogP contribution is 2.23. The van der Waals surface area contributed by atoms with Crippen LogP contribution in [-0.2, 0) is 12.8 Å². The van der Waals surface area contributed by atoms with Crippen molar-refractivity contribution < 1.29 is 4.74 Å². The monoisotopic (exact) mass is 332 g/mol. The molecular formula is C18H21BrO. The van der Waals surface area contributed by atoms with E-state index < -0.39 is 0 Å². The maximum atomic E-state index is 5.41. The van der Waals surface area contributed by atoms with E-state index in [0.717, 1.165) is 25.0 Å². The van der Waals surface area contributed by atoms with Crippen LogP contribution in [0.1, 0.15) is 23.1 Å². The van der Waals surface area contributed by atoms with Crippen molar-refractivity contribution in [3.8, 4) is 5.75 Å². The van der Waals surface area contributed by atoms with Crippen molar-refractivity contribution >= 4 is 15.9 Å². The number of halogens is 1. The second-order valence-electron chi connectivity index (χ2n) is 5.08. The lowest BCUT2D eigenvalue weighted by atomic mass is 10.0. The zero-order valence-corrected chi connectivity index (χ0v) is 13.7. The van der Waals surface area contributed by atoms with Crippen molar-refractivity contribution in [1.82, 2.24) is 0 Å². The second-order valence-corrected chi connectivity index (χ2v) is 6.37. The Hall–Kier alpha value is -1.28. The van der Waals surface area contributed by atoms with Crippen molar-refractivity contribution in [3.05, 3.63) is 65.2 Å². The van der Waals surface area contributed by atoms with E-state index >= 15 is 0 Å². The number of rotatable bonds is 6. The highest BCUT2D eigenvalue weighted by atomic mass is 79.9. The molecule has 0 aliphatic rings. The van der Waals surface area contributed by atoms with E-state index in [0.29, 0.717) is 4.83 Å². The first-order valence-electron chi connectivity index (χ1n) is 7.01. The molecule has 1 atom stereocenters. The zero-order chi connectivity index (χ0) is 14.4. The molecule has 106 valence electrons. The third kappa shape index (κ3) is 4.11. The van der Waals surface area contributed by atoms with Gasteiger partial charge >= 0.3 is 0 Å². The van der Waals surface area contributed by atoms with E-state index in [4.69, 9.17) is 4.74 Å². The fraction of sp³-hybridized carbons (Fsp3) is 0.333. The smallest absolute Gasteiger partial charge is 0.122 e. The van der Waals surface area contributed by atoms with Crippen molar-refractivity contribution in [3.63, 3.8) is 0 Å². The molecule has 0 fully saturated rings. The summed E-state index contributed by atoms with van der Waals surface area (Å²) in [5, 5.41) is 0. The molecule has 0 aliphatic carbocycles. The summed E-state index contributed by atoms with van der Waals surface area (Å²) in [5.74, 6) is 0.979. The van der Waals surface area contributed by atoms with Crippen LogP contribution in [0, 0.1) is 6.92 Å². The molecule has 0 aromatic heterocycles. The molecule has 0 bridgehead atoms. The fourth-order valence-electron chi connectivity index (χ4n) is 2.41. The minimum absolute atomic E-state index is 0.471. The lowest BCUT2D eigenvalue weighted by Gasteiger charge is -2.13. The Morgan fingerprint density at radius 2 is 1.65 bits per heavy atom. The van der Waals surface area contributed by atoms with Gasteiger partial charge in [-0.25, -0.2) is 0 Å². The van der Waals surface area contributed by atoms with Gasteiger partial charge in [-0.15, -0.1) is 0 Å². The van der Waals surface area contributed by atoms with E-state index in [-0.39, 0.29) is 0 Å². The Morgan fingerprint density at radius 1 is 1.00 bits per heavy atom. The lowest BCUT2D eigenvalue weighted by molar-refractivity contribution is 0.409. The minimum atomic E-state index is 0.471. The number of hydrogen-bond acceptors (Lipinski definition) is 1. The summed E-state index contributed by atoms with van der Waals surface area (Å²) >= 11 is 3.80. The molecule has 1 nitrogen and oxygen atoms in total. The Labute approximate surface area is 130 Å². The van der Waals surface area contributed by atoms with Gasteiger partial charge in [0.1, 0.15) is 5.75 Å². The van der Waals surface area contributed by atoms with Crippen LogP contribution in [0.5, 0.6) is 5.75 Å². The van der Waals surface area contributed by atoms with Gasteiger partial charge < -0.3 is 4.74 Å². The van der Waals surface area contributed by atoms with Gasteiger partial charge in [-0.1, -0.05) is 58.4 Å². The van der Waals surface area contributed by atoms with Crippen LogP contribution < -0.4 is 4.74 Å². The first-order chi connectivity index (χ1) is 9.70. The van der Waals surface area contributed by atoms with E-state index in [1.54, 1.807) is 7.11 Å². The molecule has 0 saturated heterocycles. The maximum absolute atomic E-state index is 5.41. The van der Waals surface area contributed by atoms with Crippen LogP contribution >= 0.6 is 15.9 Å². The van der Waals surface area contributed by atoms with E-state index in [9.17, 15) is 0 Å². The number of methoxy groups -OCH3 is 1. The predicted molar refractivity (Wildman–Crippen MR) is 88.9 cm³/mol. The van der Waals surface area contributed by atoms with Gasteiger partial charge in [-0.2, -0.15) is 0 Å². The Morgan fingerprint density at radius 3 is 2.35 bits per heavy atom. The third-order valence-electron chi connectivity index (χ3n) is 3.62. The van der Waals surface area contributed by atoms with Crippen LogP contribution in [0.15, 0.2) is 48.5 Å². The fourth-order valence-corrected chi connectivity index (χ4v) is 2.99. The van der Waals surface area contributed by atoms with E-state index in [1.165, 1.54) is 16.7 Å². The Bertz CT molecular complexity index is 551. The predicted octanol–water partition coefficient (Wildman–Crippen LogP) is 4.94. The van der Waals surface area contributed by atoms with E-state index in [2.05, 4.69) is 59.3 Å². The normalized spacial score (nSPS) is 12.2. The third-order valence-corrected chi connectivity index (χ3v) is 4.40. The number of ether oxygens (including phenoxy) is 1. The van der Waals surface area contributed by atoms with Crippen molar-refractivity contribution in [2.45, 2.75) is 31.0 Å². The summed E-state index contributed by atoms with van der Waals surface area (Å²) in [6.07, 6.45) is 3.23. The molecule has 1 unspecified atom stereocenters. The number of benzene rings is 2. The van der Waals surface area contributed by atoms with Crippen LogP contribution in [0.4, 0.5) is 0 Å². The molecule has 2 aromatic rings. The summed E-state index contributed by atoms with van der Waals surface area (Å²) < 4.78 is 5.41. The SMILES string of the molecule is COc1ccccc1CC(Br)CCc1ccccc1C. The van der Waals surface area contributed by atoms with Crippen molar-refractivity contribution in [2.24, 2.45) is 0 Å². The Balaban J connectivity index is 1.93. The quantitative estimate of drug-likeness (QED) is 0.680. The average Bonchev–Trinajstić information content (AvgIpc) is 2.47. The number of alkyl halides is 1. The largest absolute Gasteiger partial charge is 0.496 e. The minimum Gasteiger partial charge on any atom is -0.496 e. The maximum Gasteiger partial charge on any atom is 0.122 e. The van der Waals surface area contributed by atoms with Gasteiger partial charge in [0.25, 0.3) is 0 Å². The van der Waals surface area contributed by atoms with Gasteiger partial charge in [0, 0.05) is 4.83 Å². The molecule has 0 aliphatic heterocycles. The summed E-state index contributed by atoms with van der Waals surface area (Å²) in [6.45, 7) is 2.18. The first kappa shape index (κ1) is 15.1. The molecule has 20 heavy (non-hydrogen) atoms. The van der Waals surface area contributed by atoms with Gasteiger partial charge in [0.2, 0.25) is 0 Å². The number of hydrogen-bond donors (Lipinski definition) is 0. The molecule has 2 heteroatoms. The van der Waals surface area contributed by atoms with Crippen molar-refractivity contribution in [1.29, 1.82) is 0 Å². The first-order valence-corrected chi connectivity index (χ1v) is 7.92. The second kappa shape index (κ2) is 7.49. The summed E-state index contributed by atoms with van der Waals surface area (Å²) in [7, 11) is 1.73. The molecular weight excluding hydrogens is 312 g/mol. The molecule has 0 spiro atoms. The van der Waals surface area contributed by atoms with E-state index in [1.807, 2.05) is 12.1 Å². The highest BCUT2D eigenvalue weighted by Gasteiger charge is 2.10. The highest BCUT2D eigenvalue weighted by molar-refractivity contribution is 9.09. The Kier molecular flexibility index (Phi) is 5.66. The molecule has 2 aromatic carbocycles. The average molecular weight is 333 g/mol. The molecule has 0 N–H and O–H groups in total. The number of aryl methyl sites for hydroxylation is 2. The summed E-state index contributed by atoms with van der Waals surface area (Å²) in [6, 6.07) is 16.9. The van der Waals surface area contributed by atoms with Crippen LogP contribution in [0.2, 0.25) is 0 Å². The molecule has 0 saturated carbocycles. The topological polar surface area (TPSA) is 9.23 Å². The molecule has 0 amide bonds. The van der Waals surface area contributed by atoms with Gasteiger partial charge in [0.15, 0.2) is 0 Å². The van der Waals surface area contributed by atoms with Crippen molar-refractivity contribution in [2.75, 3.05) is 7.11 Å². The van der Waals surface area contributed by atoms with Gasteiger partial charge in [-0.3, -0.25) is 0 Å². The molecule has 0 radical (unpaired) electrons. The van der Waals surface area contributed by atoms with Crippen LogP contribution in [0.25, 0.3) is 0 Å². The molecule has 2 rings (SSSR count). The van der Waals surface area contributed by atoms with Crippen LogP contribution in [-0.4, -0.2) is 11.9 Å². The number of para-hydroxylation sites is 1. The molecule has 0 heterocycles. The summed E-state index contributed by atoms with van der Waals surface area (Å²) in [4.78, 5) is 0.471. The zero-order valence-electron chi connectivity index (χ0n) is 12.1. The van der Waals surface area contributed by atoms with Crippen LogP contribution in [0.3, 0.4) is 0 Å². The van der Waals surface area contributed by atoms with Gasteiger partial charge in [-0.05, 0) is 48.9 Å².